The minimum Gasteiger partial charge on any atom is -0.264 e. The fourth-order valence-corrected chi connectivity index (χ4v) is 2.56. The number of rotatable bonds is 3. The number of aryl methyl sites for hydroxylation is 2. The molecule has 0 aliphatic carbocycles. The average molecular weight is 256 g/mol. The zero-order valence-electron chi connectivity index (χ0n) is 10.2. The number of hydrogen-bond acceptors (Lipinski definition) is 5. The lowest BCUT2D eigenvalue weighted by Crippen LogP contribution is -1.99. The van der Waals surface area contributed by atoms with Gasteiger partial charge in [0.15, 0.2) is 0 Å². The Labute approximate surface area is 110 Å². The fraction of sp³-hybridized carbons (Fsp3) is 0.231. The van der Waals surface area contributed by atoms with Gasteiger partial charge in [0.05, 0.1) is 5.69 Å². The molecule has 2 rings (SSSR count). The molecule has 0 amide bonds. The smallest absolute Gasteiger partial charge is 0.126 e. The second-order valence-electron chi connectivity index (χ2n) is 3.80. The van der Waals surface area contributed by atoms with E-state index in [1.54, 1.807) is 6.20 Å². The number of hydrogen-bond donors (Lipinski definition) is 0. The maximum Gasteiger partial charge on any atom is 0.126 e. The molecule has 90 valence electrons. The van der Waals surface area contributed by atoms with Crippen molar-refractivity contribution < 1.29 is 0 Å². The molecule has 2 aromatic rings. The summed E-state index contributed by atoms with van der Waals surface area (Å²) in [5.74, 6) is 1.44. The van der Waals surface area contributed by atoms with Crippen LogP contribution in [0.5, 0.6) is 0 Å². The van der Waals surface area contributed by atoms with Crippen molar-refractivity contribution in [3.63, 3.8) is 0 Å². The Kier molecular flexibility index (Phi) is 3.90. The van der Waals surface area contributed by atoms with Crippen LogP contribution >= 0.6 is 11.8 Å². The second-order valence-corrected chi connectivity index (χ2v) is 4.76. The lowest BCUT2D eigenvalue weighted by molar-refractivity contribution is 0.923. The van der Waals surface area contributed by atoms with Crippen molar-refractivity contribution in [3.8, 4) is 6.07 Å². The molecule has 0 aliphatic rings. The number of aromatic nitrogens is 3. The van der Waals surface area contributed by atoms with Gasteiger partial charge in [0.1, 0.15) is 22.5 Å². The van der Waals surface area contributed by atoms with Crippen molar-refractivity contribution in [2.45, 2.75) is 24.6 Å². The number of pyridine rings is 1. The molecule has 0 aromatic carbocycles. The summed E-state index contributed by atoms with van der Waals surface area (Å²) in [6, 6.07) is 6.07. The molecule has 0 bridgehead atoms. The molecule has 2 heterocycles. The third-order valence-corrected chi connectivity index (χ3v) is 3.43. The van der Waals surface area contributed by atoms with E-state index < -0.39 is 0 Å². The van der Waals surface area contributed by atoms with E-state index in [1.165, 1.54) is 11.8 Å². The van der Waals surface area contributed by atoms with E-state index in [1.807, 2.05) is 32.2 Å². The highest BCUT2D eigenvalue weighted by Crippen LogP contribution is 2.25. The van der Waals surface area contributed by atoms with Gasteiger partial charge in [0.2, 0.25) is 0 Å². The van der Waals surface area contributed by atoms with Crippen molar-refractivity contribution in [3.05, 3.63) is 47.2 Å². The minimum atomic E-state index is 0.564. The second kappa shape index (κ2) is 5.61. The van der Waals surface area contributed by atoms with Crippen molar-refractivity contribution >= 4 is 11.8 Å². The third kappa shape index (κ3) is 2.84. The van der Waals surface area contributed by atoms with Crippen LogP contribution in [0.1, 0.15) is 22.6 Å². The molecule has 5 heteroatoms. The summed E-state index contributed by atoms with van der Waals surface area (Å²) in [5.41, 5.74) is 2.41. The first kappa shape index (κ1) is 12.5. The first-order valence-corrected chi connectivity index (χ1v) is 6.46. The van der Waals surface area contributed by atoms with Gasteiger partial charge in [-0.25, -0.2) is 9.97 Å². The Hall–Kier alpha value is -1.93. The predicted molar refractivity (Wildman–Crippen MR) is 70.0 cm³/mol. The van der Waals surface area contributed by atoms with E-state index in [4.69, 9.17) is 5.26 Å². The Morgan fingerprint density at radius 2 is 2.17 bits per heavy atom. The summed E-state index contributed by atoms with van der Waals surface area (Å²) in [6.07, 6.45) is 3.56. The Bertz CT molecular complexity index is 590. The first-order chi connectivity index (χ1) is 8.70. The Morgan fingerprint density at radius 1 is 1.33 bits per heavy atom. The zero-order valence-corrected chi connectivity index (χ0v) is 11.0. The molecule has 4 nitrogen and oxygen atoms in total. The Balaban J connectivity index is 2.22. The van der Waals surface area contributed by atoms with Crippen LogP contribution in [0, 0.1) is 25.2 Å². The SMILES string of the molecule is Cc1nc(C)c(C#N)c(SCc2cccnc2)n1. The molecule has 0 saturated heterocycles. The van der Waals surface area contributed by atoms with E-state index in [0.29, 0.717) is 11.4 Å². The van der Waals surface area contributed by atoms with Crippen LogP contribution in [0.3, 0.4) is 0 Å². The average Bonchev–Trinajstić information content (AvgIpc) is 2.37. The highest BCUT2D eigenvalue weighted by Gasteiger charge is 2.10. The summed E-state index contributed by atoms with van der Waals surface area (Å²) in [6.45, 7) is 3.67. The molecule has 0 radical (unpaired) electrons. The van der Waals surface area contributed by atoms with Gasteiger partial charge in [-0.05, 0) is 25.5 Å². The number of nitrogens with zero attached hydrogens (tertiary/aromatic N) is 4. The van der Waals surface area contributed by atoms with E-state index in [-0.39, 0.29) is 0 Å². The number of thioether (sulfide) groups is 1. The van der Waals surface area contributed by atoms with Gasteiger partial charge in [-0.2, -0.15) is 5.26 Å². The monoisotopic (exact) mass is 256 g/mol. The Morgan fingerprint density at radius 3 is 2.83 bits per heavy atom. The van der Waals surface area contributed by atoms with Gasteiger partial charge >= 0.3 is 0 Å². The maximum absolute atomic E-state index is 9.13. The highest BCUT2D eigenvalue weighted by molar-refractivity contribution is 7.98. The predicted octanol–water partition coefficient (Wildman–Crippen LogP) is 2.65. The minimum absolute atomic E-state index is 0.564. The molecule has 2 aromatic heterocycles. The van der Waals surface area contributed by atoms with Crippen LogP contribution in [-0.4, -0.2) is 15.0 Å². The zero-order chi connectivity index (χ0) is 13.0. The summed E-state index contributed by atoms with van der Waals surface area (Å²) >= 11 is 1.54. The van der Waals surface area contributed by atoms with Crippen LogP contribution in [0.15, 0.2) is 29.6 Å². The van der Waals surface area contributed by atoms with Crippen LogP contribution in [0.4, 0.5) is 0 Å². The van der Waals surface area contributed by atoms with Crippen molar-refractivity contribution in [2.75, 3.05) is 0 Å². The molecule has 0 fully saturated rings. The van der Waals surface area contributed by atoms with E-state index in [0.717, 1.165) is 22.0 Å². The van der Waals surface area contributed by atoms with Crippen LogP contribution < -0.4 is 0 Å². The third-order valence-electron chi connectivity index (χ3n) is 2.38. The summed E-state index contributed by atoms with van der Waals surface area (Å²) in [7, 11) is 0. The molecule has 0 saturated carbocycles. The van der Waals surface area contributed by atoms with Crippen molar-refractivity contribution in [2.24, 2.45) is 0 Å². The maximum atomic E-state index is 9.13. The van der Waals surface area contributed by atoms with Crippen molar-refractivity contribution in [1.82, 2.24) is 15.0 Å². The lowest BCUT2D eigenvalue weighted by atomic mass is 10.3. The van der Waals surface area contributed by atoms with Gasteiger partial charge in [-0.1, -0.05) is 6.07 Å². The normalized spacial score (nSPS) is 10.1. The number of nitriles is 1. The topological polar surface area (TPSA) is 62.5 Å². The molecule has 0 aliphatic heterocycles. The lowest BCUT2D eigenvalue weighted by Gasteiger charge is -2.06. The molecular formula is C13H12N4S. The molecular weight excluding hydrogens is 244 g/mol. The summed E-state index contributed by atoms with van der Waals surface area (Å²) in [4.78, 5) is 12.6. The van der Waals surface area contributed by atoms with E-state index in [9.17, 15) is 0 Å². The summed E-state index contributed by atoms with van der Waals surface area (Å²) in [5, 5.41) is 9.87. The van der Waals surface area contributed by atoms with Crippen LogP contribution in [0.25, 0.3) is 0 Å². The molecule has 18 heavy (non-hydrogen) atoms. The van der Waals surface area contributed by atoms with Gasteiger partial charge in [-0.15, -0.1) is 11.8 Å². The quantitative estimate of drug-likeness (QED) is 0.624. The van der Waals surface area contributed by atoms with Crippen LogP contribution in [-0.2, 0) is 5.75 Å². The molecule has 0 spiro atoms. The van der Waals surface area contributed by atoms with Crippen LogP contribution in [0.2, 0.25) is 0 Å². The highest BCUT2D eigenvalue weighted by atomic mass is 32.2. The van der Waals surface area contributed by atoms with Gasteiger partial charge < -0.3 is 0 Å². The molecule has 0 atom stereocenters. The van der Waals surface area contributed by atoms with Gasteiger partial charge in [0, 0.05) is 18.1 Å². The molecule has 0 unspecified atom stereocenters. The van der Waals surface area contributed by atoms with Gasteiger partial charge in [-0.3, -0.25) is 4.98 Å². The van der Waals surface area contributed by atoms with Gasteiger partial charge in [0.25, 0.3) is 0 Å². The first-order valence-electron chi connectivity index (χ1n) is 5.47. The van der Waals surface area contributed by atoms with E-state index >= 15 is 0 Å². The van der Waals surface area contributed by atoms with Crippen molar-refractivity contribution in [1.29, 1.82) is 5.26 Å². The largest absolute Gasteiger partial charge is 0.264 e. The standard InChI is InChI=1S/C13H12N4S/c1-9-12(6-14)13(17-10(2)16-9)18-8-11-4-3-5-15-7-11/h3-5,7H,8H2,1-2H3. The van der Waals surface area contributed by atoms with E-state index in [2.05, 4.69) is 21.0 Å². The summed E-state index contributed by atoms with van der Waals surface area (Å²) < 4.78 is 0. The fourth-order valence-electron chi connectivity index (χ4n) is 1.55. The molecule has 0 N–H and O–H groups in total.